The van der Waals surface area contributed by atoms with Crippen LogP contribution in [0, 0.1) is 0 Å². The molecule has 0 aliphatic heterocycles. The number of phenolic OH excluding ortho intramolecular Hbond substituents is 5. The summed E-state index contributed by atoms with van der Waals surface area (Å²) >= 11 is 6.17. The summed E-state index contributed by atoms with van der Waals surface area (Å²) in [5.74, 6) is -0.256. The summed E-state index contributed by atoms with van der Waals surface area (Å²) in [6.45, 7) is 0. The predicted molar refractivity (Wildman–Crippen MR) is 98.3 cm³/mol. The number of phenols is 5. The van der Waals surface area contributed by atoms with Crippen LogP contribution in [0.25, 0.3) is 0 Å². The Morgan fingerprint density at radius 1 is 0.577 bits per heavy atom. The van der Waals surface area contributed by atoms with Gasteiger partial charge in [0.2, 0.25) is 0 Å². The summed E-state index contributed by atoms with van der Waals surface area (Å²) in [6.07, 6.45) is 0.431. The lowest BCUT2D eigenvalue weighted by molar-refractivity contribution is 0.445. The van der Waals surface area contributed by atoms with E-state index in [9.17, 15) is 25.5 Å². The fourth-order valence-corrected chi connectivity index (χ4v) is 3.06. The molecular formula is C20H17ClO5. The van der Waals surface area contributed by atoms with E-state index in [0.29, 0.717) is 27.3 Å². The van der Waals surface area contributed by atoms with Crippen LogP contribution in [0.5, 0.6) is 28.7 Å². The second kappa shape index (κ2) is 7.06. The van der Waals surface area contributed by atoms with Gasteiger partial charge in [-0.2, -0.15) is 0 Å². The highest BCUT2D eigenvalue weighted by Gasteiger charge is 2.14. The zero-order chi connectivity index (χ0) is 18.8. The van der Waals surface area contributed by atoms with Crippen LogP contribution in [0.15, 0.2) is 48.5 Å². The molecule has 0 aliphatic rings. The fourth-order valence-electron chi connectivity index (χ4n) is 2.80. The molecule has 0 atom stereocenters. The van der Waals surface area contributed by atoms with Crippen molar-refractivity contribution in [2.75, 3.05) is 0 Å². The molecule has 0 radical (unpaired) electrons. The van der Waals surface area contributed by atoms with Crippen molar-refractivity contribution in [1.29, 1.82) is 0 Å². The van der Waals surface area contributed by atoms with Gasteiger partial charge in [0.25, 0.3) is 0 Å². The summed E-state index contributed by atoms with van der Waals surface area (Å²) in [6, 6.07) is 11.7. The largest absolute Gasteiger partial charge is 0.508 e. The third kappa shape index (κ3) is 3.78. The monoisotopic (exact) mass is 372 g/mol. The third-order valence-electron chi connectivity index (χ3n) is 4.13. The molecule has 0 saturated heterocycles. The van der Waals surface area contributed by atoms with Gasteiger partial charge in [0, 0.05) is 41.1 Å². The Morgan fingerprint density at radius 2 is 1.00 bits per heavy atom. The topological polar surface area (TPSA) is 101 Å². The maximum atomic E-state index is 10.6. The smallest absolute Gasteiger partial charge is 0.122 e. The van der Waals surface area contributed by atoms with Crippen molar-refractivity contribution in [3.8, 4) is 28.7 Å². The Hall–Kier alpha value is -3.05. The molecule has 3 aromatic rings. The molecule has 0 fully saturated rings. The summed E-state index contributed by atoms with van der Waals surface area (Å²) in [5.41, 5.74) is 2.07. The van der Waals surface area contributed by atoms with Gasteiger partial charge >= 0.3 is 0 Å². The Labute approximate surface area is 155 Å². The van der Waals surface area contributed by atoms with Crippen LogP contribution in [0.3, 0.4) is 0 Å². The molecule has 0 saturated carbocycles. The molecular weight excluding hydrogens is 356 g/mol. The van der Waals surface area contributed by atoms with E-state index in [4.69, 9.17) is 11.6 Å². The van der Waals surface area contributed by atoms with Gasteiger partial charge in [-0.3, -0.25) is 0 Å². The van der Waals surface area contributed by atoms with E-state index in [0.717, 1.165) is 0 Å². The normalized spacial score (nSPS) is 10.8. The predicted octanol–water partition coefficient (Wildman–Crippen LogP) is 4.05. The molecule has 3 rings (SSSR count). The Balaban J connectivity index is 1.95. The lowest BCUT2D eigenvalue weighted by atomic mass is 9.96. The average Bonchev–Trinajstić information content (AvgIpc) is 2.56. The van der Waals surface area contributed by atoms with Gasteiger partial charge in [-0.1, -0.05) is 23.7 Å². The number of hydrogen-bond donors (Lipinski definition) is 5. The van der Waals surface area contributed by atoms with E-state index in [-0.39, 0.29) is 41.6 Å². The van der Waals surface area contributed by atoms with Gasteiger partial charge in [0.05, 0.1) is 0 Å². The van der Waals surface area contributed by atoms with Gasteiger partial charge in [0.1, 0.15) is 28.7 Å². The van der Waals surface area contributed by atoms with Crippen LogP contribution < -0.4 is 0 Å². The zero-order valence-electron chi connectivity index (χ0n) is 13.6. The lowest BCUT2D eigenvalue weighted by Gasteiger charge is -2.13. The Kier molecular flexibility index (Phi) is 4.82. The minimum absolute atomic E-state index is 0.00866. The average molecular weight is 373 g/mol. The van der Waals surface area contributed by atoms with Gasteiger partial charge < -0.3 is 25.5 Å². The van der Waals surface area contributed by atoms with Gasteiger partial charge in [-0.15, -0.1) is 0 Å². The number of hydrogen-bond acceptors (Lipinski definition) is 5. The molecule has 5 nitrogen and oxygen atoms in total. The first-order valence-corrected chi connectivity index (χ1v) is 8.23. The van der Waals surface area contributed by atoms with Crippen LogP contribution >= 0.6 is 11.6 Å². The van der Waals surface area contributed by atoms with Crippen molar-refractivity contribution in [1.82, 2.24) is 0 Å². The molecule has 0 aromatic heterocycles. The molecule has 0 bridgehead atoms. The maximum Gasteiger partial charge on any atom is 0.122 e. The fraction of sp³-hybridized carbons (Fsp3) is 0.100. The molecule has 26 heavy (non-hydrogen) atoms. The van der Waals surface area contributed by atoms with Crippen molar-refractivity contribution < 1.29 is 25.5 Å². The molecule has 0 spiro atoms. The van der Waals surface area contributed by atoms with Gasteiger partial charge in [0.15, 0.2) is 0 Å². The van der Waals surface area contributed by atoms with E-state index in [2.05, 4.69) is 0 Å². The highest BCUT2D eigenvalue weighted by atomic mass is 35.5. The Bertz CT molecular complexity index is 894. The molecule has 0 heterocycles. The van der Waals surface area contributed by atoms with Crippen LogP contribution in [-0.4, -0.2) is 25.5 Å². The molecule has 0 amide bonds. The van der Waals surface area contributed by atoms with E-state index >= 15 is 0 Å². The summed E-state index contributed by atoms with van der Waals surface area (Å²) in [4.78, 5) is 0. The molecule has 3 aromatic carbocycles. The highest BCUT2D eigenvalue weighted by molar-refractivity contribution is 6.30. The summed E-state index contributed by atoms with van der Waals surface area (Å²) in [5, 5.41) is 49.7. The van der Waals surface area contributed by atoms with Crippen molar-refractivity contribution in [2.24, 2.45) is 0 Å². The van der Waals surface area contributed by atoms with E-state index in [1.165, 1.54) is 24.3 Å². The third-order valence-corrected chi connectivity index (χ3v) is 4.35. The number of halogens is 1. The summed E-state index contributed by atoms with van der Waals surface area (Å²) < 4.78 is 0. The number of rotatable bonds is 4. The second-order valence-corrected chi connectivity index (χ2v) is 6.49. The quantitative estimate of drug-likeness (QED) is 0.475. The van der Waals surface area contributed by atoms with E-state index < -0.39 is 0 Å². The zero-order valence-corrected chi connectivity index (χ0v) is 14.4. The van der Waals surface area contributed by atoms with Gasteiger partial charge in [-0.25, -0.2) is 0 Å². The first-order chi connectivity index (χ1) is 12.3. The molecule has 5 N–H and O–H groups in total. The second-order valence-electron chi connectivity index (χ2n) is 6.05. The SMILES string of the molecule is Oc1ccc(Cc2cc(Cl)cc(Cc3ccc(O)cc3O)c2O)c(O)c1. The summed E-state index contributed by atoms with van der Waals surface area (Å²) in [7, 11) is 0. The molecule has 6 heteroatoms. The number of benzene rings is 3. The van der Waals surface area contributed by atoms with Gasteiger partial charge in [-0.05, 0) is 35.4 Å². The maximum absolute atomic E-state index is 10.6. The highest BCUT2D eigenvalue weighted by Crippen LogP contribution is 2.35. The first kappa shape index (κ1) is 17.8. The Morgan fingerprint density at radius 3 is 1.38 bits per heavy atom. The molecule has 0 aliphatic carbocycles. The van der Waals surface area contributed by atoms with Crippen molar-refractivity contribution in [2.45, 2.75) is 12.8 Å². The number of aromatic hydroxyl groups is 5. The lowest BCUT2D eigenvalue weighted by Crippen LogP contribution is -1.96. The standard InChI is InChI=1S/C20H17ClO5/c21-15-7-13(5-11-1-3-16(22)9-18(11)24)20(26)14(8-15)6-12-2-4-17(23)10-19(12)25/h1-4,7-10,22-26H,5-6H2. The molecule has 134 valence electrons. The molecule has 0 unspecified atom stereocenters. The van der Waals surface area contributed by atoms with Crippen molar-refractivity contribution in [3.05, 3.63) is 75.8 Å². The minimum atomic E-state index is -0.0814. The van der Waals surface area contributed by atoms with Crippen LogP contribution in [0.1, 0.15) is 22.3 Å². The first-order valence-electron chi connectivity index (χ1n) is 7.85. The van der Waals surface area contributed by atoms with Crippen LogP contribution in [0.4, 0.5) is 0 Å². The van der Waals surface area contributed by atoms with E-state index in [1.54, 1.807) is 24.3 Å². The van der Waals surface area contributed by atoms with Crippen molar-refractivity contribution >= 4 is 11.6 Å². The van der Waals surface area contributed by atoms with Crippen LogP contribution in [0.2, 0.25) is 5.02 Å². The van der Waals surface area contributed by atoms with Crippen molar-refractivity contribution in [3.63, 3.8) is 0 Å². The van der Waals surface area contributed by atoms with Crippen LogP contribution in [-0.2, 0) is 12.8 Å². The van der Waals surface area contributed by atoms with E-state index in [1.807, 2.05) is 0 Å². The minimum Gasteiger partial charge on any atom is -0.508 e.